The molecule has 0 aromatic carbocycles. The van der Waals surface area contributed by atoms with Crippen LogP contribution in [0.2, 0.25) is 0 Å². The minimum atomic E-state index is -0.722. The Bertz CT molecular complexity index is 348. The zero-order valence-corrected chi connectivity index (χ0v) is 12.6. The summed E-state index contributed by atoms with van der Waals surface area (Å²) in [4.78, 5) is 0. The quantitative estimate of drug-likeness (QED) is 0.749. The highest BCUT2D eigenvalue weighted by molar-refractivity contribution is 5.13. The lowest BCUT2D eigenvalue weighted by Crippen LogP contribution is -2.49. The van der Waals surface area contributed by atoms with E-state index in [2.05, 4.69) is 19.9 Å². The predicted molar refractivity (Wildman–Crippen MR) is 77.5 cm³/mol. The van der Waals surface area contributed by atoms with Gasteiger partial charge in [-0.15, -0.1) is 0 Å². The highest BCUT2D eigenvalue weighted by Gasteiger charge is 2.52. The summed E-state index contributed by atoms with van der Waals surface area (Å²) in [6.07, 6.45) is 10.4. The lowest BCUT2D eigenvalue weighted by molar-refractivity contribution is -0.0912. The van der Waals surface area contributed by atoms with Crippen molar-refractivity contribution in [2.24, 2.45) is 17.3 Å². The molecule has 0 heterocycles. The Morgan fingerprint density at radius 3 is 2.53 bits per heavy atom. The predicted octanol–water partition coefficient (Wildman–Crippen LogP) is 4.43. The molecule has 4 atom stereocenters. The Morgan fingerprint density at radius 1 is 1.16 bits per heavy atom. The van der Waals surface area contributed by atoms with Crippen molar-refractivity contribution in [1.29, 1.82) is 5.26 Å². The van der Waals surface area contributed by atoms with Gasteiger partial charge in [0.15, 0.2) is 0 Å². The van der Waals surface area contributed by atoms with E-state index < -0.39 is 11.0 Å². The van der Waals surface area contributed by atoms with Crippen molar-refractivity contribution < 1.29 is 5.11 Å². The Kier molecular flexibility index (Phi) is 4.56. The lowest BCUT2D eigenvalue weighted by atomic mass is 9.59. The first-order valence-electron chi connectivity index (χ1n) is 8.19. The van der Waals surface area contributed by atoms with Crippen molar-refractivity contribution in [1.82, 2.24) is 0 Å². The molecule has 2 rings (SSSR count). The van der Waals surface area contributed by atoms with Crippen LogP contribution in [0.15, 0.2) is 0 Å². The summed E-state index contributed by atoms with van der Waals surface area (Å²) in [7, 11) is 0. The van der Waals surface area contributed by atoms with Gasteiger partial charge in [0.05, 0.1) is 17.1 Å². The van der Waals surface area contributed by atoms with Crippen LogP contribution in [-0.2, 0) is 0 Å². The first kappa shape index (κ1) is 14.9. The summed E-state index contributed by atoms with van der Waals surface area (Å²) in [5.74, 6) is 1.34. The molecule has 0 spiro atoms. The van der Waals surface area contributed by atoms with Gasteiger partial charge in [0.25, 0.3) is 0 Å². The number of hydrogen-bond donors (Lipinski definition) is 1. The largest absolute Gasteiger partial charge is 0.388 e. The number of hydrogen-bond acceptors (Lipinski definition) is 2. The topological polar surface area (TPSA) is 44.0 Å². The van der Waals surface area contributed by atoms with Crippen molar-refractivity contribution in [3.8, 4) is 6.07 Å². The minimum Gasteiger partial charge on any atom is -0.388 e. The summed E-state index contributed by atoms with van der Waals surface area (Å²) in [5, 5.41) is 21.0. The Hall–Kier alpha value is -0.550. The molecule has 0 bridgehead atoms. The Morgan fingerprint density at radius 2 is 1.89 bits per heavy atom. The smallest absolute Gasteiger partial charge is 0.0862 e. The molecule has 108 valence electrons. The van der Waals surface area contributed by atoms with Gasteiger partial charge < -0.3 is 5.11 Å². The molecule has 19 heavy (non-hydrogen) atoms. The van der Waals surface area contributed by atoms with Crippen molar-refractivity contribution in [3.05, 3.63) is 0 Å². The van der Waals surface area contributed by atoms with Gasteiger partial charge in [0.1, 0.15) is 0 Å². The SMILES string of the molecule is CCC1CCCC(O)(C2(C#N)CCCC(C)C2)CC1. The van der Waals surface area contributed by atoms with Gasteiger partial charge >= 0.3 is 0 Å². The van der Waals surface area contributed by atoms with Crippen molar-refractivity contribution in [3.63, 3.8) is 0 Å². The molecule has 2 aliphatic rings. The molecule has 4 unspecified atom stereocenters. The van der Waals surface area contributed by atoms with Gasteiger partial charge in [-0.3, -0.25) is 0 Å². The molecule has 0 aromatic rings. The molecular formula is C17H29NO. The summed E-state index contributed by atoms with van der Waals surface area (Å²) < 4.78 is 0. The van der Waals surface area contributed by atoms with Crippen LogP contribution in [0.5, 0.6) is 0 Å². The summed E-state index contributed by atoms with van der Waals surface area (Å²) in [6.45, 7) is 4.48. The van der Waals surface area contributed by atoms with Crippen LogP contribution >= 0.6 is 0 Å². The molecule has 2 saturated carbocycles. The highest BCUT2D eigenvalue weighted by Crippen LogP contribution is 2.52. The van der Waals surface area contributed by atoms with Crippen molar-refractivity contribution in [2.45, 2.75) is 83.7 Å². The Labute approximate surface area is 118 Å². The van der Waals surface area contributed by atoms with Crippen LogP contribution in [0.1, 0.15) is 78.1 Å². The van der Waals surface area contributed by atoms with Crippen LogP contribution < -0.4 is 0 Å². The molecule has 2 heteroatoms. The van der Waals surface area contributed by atoms with Gasteiger partial charge in [-0.1, -0.05) is 46.0 Å². The second-order valence-electron chi connectivity index (χ2n) is 7.13. The third-order valence-electron chi connectivity index (χ3n) is 5.85. The summed E-state index contributed by atoms with van der Waals surface area (Å²) >= 11 is 0. The fourth-order valence-electron chi connectivity index (χ4n) is 4.46. The van der Waals surface area contributed by atoms with Gasteiger partial charge in [0.2, 0.25) is 0 Å². The maximum atomic E-state index is 11.2. The van der Waals surface area contributed by atoms with E-state index in [4.69, 9.17) is 0 Å². The average Bonchev–Trinajstić information content (AvgIpc) is 2.61. The first-order chi connectivity index (χ1) is 9.05. The van der Waals surface area contributed by atoms with Crippen molar-refractivity contribution in [2.75, 3.05) is 0 Å². The van der Waals surface area contributed by atoms with E-state index in [1.54, 1.807) is 0 Å². The molecule has 0 amide bonds. The van der Waals surface area contributed by atoms with Gasteiger partial charge in [-0.2, -0.15) is 5.26 Å². The third kappa shape index (κ3) is 2.82. The molecule has 1 N–H and O–H groups in total. The fourth-order valence-corrected chi connectivity index (χ4v) is 4.46. The number of aliphatic hydroxyl groups is 1. The Balaban J connectivity index is 2.18. The maximum Gasteiger partial charge on any atom is 0.0862 e. The zero-order valence-electron chi connectivity index (χ0n) is 12.6. The first-order valence-corrected chi connectivity index (χ1v) is 8.19. The standard InChI is InChI=1S/C17H29NO/c1-3-15-7-5-10-17(19,11-8-15)16(13-18)9-4-6-14(2)12-16/h14-15,19H,3-12H2,1-2H3. The molecule has 0 saturated heterocycles. The van der Waals surface area contributed by atoms with Gasteiger partial charge in [-0.05, 0) is 43.9 Å². The zero-order chi connectivity index (χ0) is 13.9. The normalized spacial score (nSPS) is 44.3. The van der Waals surface area contributed by atoms with E-state index in [0.717, 1.165) is 50.9 Å². The van der Waals surface area contributed by atoms with E-state index in [-0.39, 0.29) is 0 Å². The van der Waals surface area contributed by atoms with Crippen molar-refractivity contribution >= 4 is 0 Å². The fraction of sp³-hybridized carbons (Fsp3) is 0.941. The summed E-state index contributed by atoms with van der Waals surface area (Å²) in [5.41, 5.74) is -1.19. The third-order valence-corrected chi connectivity index (χ3v) is 5.85. The van der Waals surface area contributed by atoms with Crippen LogP contribution in [0.4, 0.5) is 0 Å². The molecular weight excluding hydrogens is 234 g/mol. The second kappa shape index (κ2) is 5.83. The maximum absolute atomic E-state index is 11.2. The molecule has 2 aliphatic carbocycles. The highest BCUT2D eigenvalue weighted by atomic mass is 16.3. The summed E-state index contributed by atoms with van der Waals surface area (Å²) in [6, 6.07) is 2.57. The van der Waals surface area contributed by atoms with Crippen LogP contribution in [-0.4, -0.2) is 10.7 Å². The molecule has 0 aliphatic heterocycles. The van der Waals surface area contributed by atoms with E-state index in [9.17, 15) is 10.4 Å². The van der Waals surface area contributed by atoms with Gasteiger partial charge in [0, 0.05) is 0 Å². The average molecular weight is 263 g/mol. The van der Waals surface area contributed by atoms with Crippen LogP contribution in [0, 0.1) is 28.6 Å². The van der Waals surface area contributed by atoms with E-state index in [1.165, 1.54) is 19.3 Å². The van der Waals surface area contributed by atoms with Crippen LogP contribution in [0.3, 0.4) is 0 Å². The molecule has 0 aromatic heterocycles. The molecule has 0 radical (unpaired) electrons. The van der Waals surface area contributed by atoms with E-state index in [1.807, 2.05) is 0 Å². The monoisotopic (exact) mass is 263 g/mol. The van der Waals surface area contributed by atoms with E-state index >= 15 is 0 Å². The number of nitrogens with zero attached hydrogens (tertiary/aromatic N) is 1. The molecule has 2 nitrogen and oxygen atoms in total. The molecule has 2 fully saturated rings. The van der Waals surface area contributed by atoms with Gasteiger partial charge in [-0.25, -0.2) is 0 Å². The lowest BCUT2D eigenvalue weighted by Gasteiger charge is -2.46. The minimum absolute atomic E-state index is 0.465. The van der Waals surface area contributed by atoms with Crippen LogP contribution in [0.25, 0.3) is 0 Å². The second-order valence-corrected chi connectivity index (χ2v) is 7.13. The number of nitriles is 1. The number of rotatable bonds is 2. The van der Waals surface area contributed by atoms with E-state index in [0.29, 0.717) is 5.92 Å².